The Morgan fingerprint density at radius 2 is 1.69 bits per heavy atom. The maximum absolute atomic E-state index is 13.8. The van der Waals surface area contributed by atoms with E-state index in [2.05, 4.69) is 5.32 Å². The molecule has 1 aliphatic heterocycles. The summed E-state index contributed by atoms with van der Waals surface area (Å²) in [7, 11) is 1.49. The summed E-state index contributed by atoms with van der Waals surface area (Å²) in [5.74, 6) is -1.56. The Balaban J connectivity index is 1.57. The molecule has 2 aromatic rings. The number of aliphatic carboxylic acids is 1. The lowest BCUT2D eigenvalue weighted by Crippen LogP contribution is -2.57. The molecule has 1 heterocycles. The zero-order chi connectivity index (χ0) is 27.8. The van der Waals surface area contributed by atoms with Gasteiger partial charge in [0.05, 0.1) is 13.5 Å². The van der Waals surface area contributed by atoms with Gasteiger partial charge in [0.2, 0.25) is 0 Å². The molecule has 39 heavy (non-hydrogen) atoms. The fourth-order valence-electron chi connectivity index (χ4n) is 5.36. The van der Waals surface area contributed by atoms with Crippen LogP contribution in [0.15, 0.2) is 54.6 Å². The lowest BCUT2D eigenvalue weighted by Gasteiger charge is -2.34. The molecule has 2 fully saturated rings. The summed E-state index contributed by atoms with van der Waals surface area (Å²) in [5.41, 5.74) is 1.09. The Kier molecular flexibility index (Phi) is 9.40. The van der Waals surface area contributed by atoms with Crippen molar-refractivity contribution in [1.82, 2.24) is 15.1 Å². The first-order valence-corrected chi connectivity index (χ1v) is 13.3. The molecule has 1 aliphatic carbocycles. The van der Waals surface area contributed by atoms with Gasteiger partial charge in [0, 0.05) is 24.7 Å². The van der Waals surface area contributed by atoms with Crippen LogP contribution in [0.25, 0.3) is 0 Å². The topological polar surface area (TPSA) is 125 Å². The Morgan fingerprint density at radius 1 is 0.974 bits per heavy atom. The summed E-state index contributed by atoms with van der Waals surface area (Å²) in [6, 6.07) is 15.1. The quantitative estimate of drug-likeness (QED) is 0.500. The molecule has 2 N–H and O–H groups in total. The average molecular weight is 538 g/mol. The molecule has 10 heteroatoms. The van der Waals surface area contributed by atoms with Crippen LogP contribution in [0.3, 0.4) is 0 Å². The highest BCUT2D eigenvalue weighted by Gasteiger charge is 2.45. The minimum atomic E-state index is -1.29. The number of methoxy groups -OCH3 is 1. The van der Waals surface area contributed by atoms with Gasteiger partial charge in [-0.05, 0) is 42.5 Å². The van der Waals surface area contributed by atoms with Crippen LogP contribution in [0.5, 0.6) is 5.75 Å². The van der Waals surface area contributed by atoms with E-state index in [0.29, 0.717) is 11.3 Å². The number of amides is 3. The molecule has 10 nitrogen and oxygen atoms in total. The molecule has 3 amide bonds. The van der Waals surface area contributed by atoms with E-state index in [1.807, 2.05) is 30.3 Å². The molecule has 0 aromatic heterocycles. The van der Waals surface area contributed by atoms with E-state index in [9.17, 15) is 24.3 Å². The first kappa shape index (κ1) is 27.9. The van der Waals surface area contributed by atoms with Crippen LogP contribution in [-0.2, 0) is 20.9 Å². The fourth-order valence-corrected chi connectivity index (χ4v) is 5.36. The van der Waals surface area contributed by atoms with E-state index in [-0.39, 0.29) is 32.0 Å². The maximum Gasteiger partial charge on any atom is 0.412 e. The largest absolute Gasteiger partial charge is 0.497 e. The van der Waals surface area contributed by atoms with Crippen molar-refractivity contribution in [3.8, 4) is 5.75 Å². The SMILES string of the molecule is COc1cccc(C(=O)N2CCN(C(=O)OCc3ccccc3)C2C(=O)NC(CC(=O)O)C2CCCCC2)c1. The first-order chi connectivity index (χ1) is 18.9. The van der Waals surface area contributed by atoms with E-state index in [1.54, 1.807) is 24.3 Å². The summed E-state index contributed by atoms with van der Waals surface area (Å²) < 4.78 is 10.7. The highest BCUT2D eigenvalue weighted by molar-refractivity contribution is 5.99. The van der Waals surface area contributed by atoms with Gasteiger partial charge < -0.3 is 24.8 Å². The van der Waals surface area contributed by atoms with E-state index in [0.717, 1.165) is 37.7 Å². The zero-order valence-electron chi connectivity index (χ0n) is 22.1. The molecular weight excluding hydrogens is 502 g/mol. The van der Waals surface area contributed by atoms with Crippen LogP contribution in [0, 0.1) is 5.92 Å². The van der Waals surface area contributed by atoms with Gasteiger partial charge in [-0.3, -0.25) is 19.3 Å². The number of hydrogen-bond donors (Lipinski definition) is 2. The van der Waals surface area contributed by atoms with Crippen molar-refractivity contribution in [1.29, 1.82) is 0 Å². The number of carboxylic acids is 1. The molecular formula is C29H35N3O7. The van der Waals surface area contributed by atoms with Crippen LogP contribution in [0.2, 0.25) is 0 Å². The number of carboxylic acid groups (broad SMARTS) is 1. The van der Waals surface area contributed by atoms with Crippen molar-refractivity contribution in [3.63, 3.8) is 0 Å². The molecule has 2 atom stereocenters. The molecule has 4 rings (SSSR count). The molecule has 208 valence electrons. The normalized spacial score (nSPS) is 18.3. The predicted molar refractivity (Wildman–Crippen MR) is 142 cm³/mol. The van der Waals surface area contributed by atoms with Crippen LogP contribution in [0.1, 0.15) is 54.4 Å². The third-order valence-corrected chi connectivity index (χ3v) is 7.37. The number of hydrogen-bond acceptors (Lipinski definition) is 6. The lowest BCUT2D eigenvalue weighted by atomic mass is 9.82. The number of rotatable bonds is 9. The van der Waals surface area contributed by atoms with Gasteiger partial charge in [-0.2, -0.15) is 0 Å². The maximum atomic E-state index is 13.8. The van der Waals surface area contributed by atoms with Crippen molar-refractivity contribution in [2.45, 2.75) is 57.3 Å². The third-order valence-electron chi connectivity index (χ3n) is 7.37. The number of nitrogens with one attached hydrogen (secondary N) is 1. The lowest BCUT2D eigenvalue weighted by molar-refractivity contribution is -0.138. The number of benzene rings is 2. The highest BCUT2D eigenvalue weighted by atomic mass is 16.6. The smallest absolute Gasteiger partial charge is 0.412 e. The highest BCUT2D eigenvalue weighted by Crippen LogP contribution is 2.29. The summed E-state index contributed by atoms with van der Waals surface area (Å²) >= 11 is 0. The summed E-state index contributed by atoms with van der Waals surface area (Å²) in [6.45, 7) is 0.216. The molecule has 2 aliphatic rings. The Morgan fingerprint density at radius 3 is 2.38 bits per heavy atom. The van der Waals surface area contributed by atoms with Gasteiger partial charge >= 0.3 is 12.1 Å². The number of carbonyl (C=O) groups excluding carboxylic acids is 3. The minimum Gasteiger partial charge on any atom is -0.497 e. The van der Waals surface area contributed by atoms with Crippen LogP contribution in [-0.4, -0.2) is 71.2 Å². The van der Waals surface area contributed by atoms with Crippen molar-refractivity contribution in [2.75, 3.05) is 20.2 Å². The Bertz CT molecular complexity index is 1170. The van der Waals surface area contributed by atoms with E-state index >= 15 is 0 Å². The second-order valence-electron chi connectivity index (χ2n) is 9.95. The van der Waals surface area contributed by atoms with Crippen LogP contribution in [0.4, 0.5) is 4.79 Å². The second-order valence-corrected chi connectivity index (χ2v) is 9.95. The molecule has 0 radical (unpaired) electrons. The summed E-state index contributed by atoms with van der Waals surface area (Å²) in [4.78, 5) is 54.7. The number of ether oxygens (including phenoxy) is 2. The van der Waals surface area contributed by atoms with Gasteiger partial charge in [-0.15, -0.1) is 0 Å². The van der Waals surface area contributed by atoms with Crippen molar-refractivity contribution in [3.05, 3.63) is 65.7 Å². The van der Waals surface area contributed by atoms with Crippen molar-refractivity contribution < 1.29 is 33.8 Å². The number of carbonyl (C=O) groups is 4. The molecule has 1 saturated carbocycles. The molecule has 0 bridgehead atoms. The van der Waals surface area contributed by atoms with Gasteiger partial charge in [-0.25, -0.2) is 4.79 Å². The third kappa shape index (κ3) is 7.07. The standard InChI is InChI=1S/C29H35N3O7/c1-38-23-14-8-13-22(17-23)28(36)31-15-16-32(29(37)39-19-20-9-4-2-5-10-20)27(31)26(35)30-24(18-25(33)34)21-11-6-3-7-12-21/h2,4-5,8-10,13-14,17,21,24,27H,3,6-7,11-12,15-16,18-19H2,1H3,(H,30,35)(H,33,34). The van der Waals surface area contributed by atoms with E-state index in [1.165, 1.54) is 16.9 Å². The van der Waals surface area contributed by atoms with Crippen molar-refractivity contribution in [2.24, 2.45) is 5.92 Å². The van der Waals surface area contributed by atoms with Crippen LogP contribution < -0.4 is 10.1 Å². The molecule has 2 aromatic carbocycles. The molecule has 1 saturated heterocycles. The van der Waals surface area contributed by atoms with E-state index in [4.69, 9.17) is 9.47 Å². The van der Waals surface area contributed by atoms with Crippen LogP contribution >= 0.6 is 0 Å². The van der Waals surface area contributed by atoms with Crippen molar-refractivity contribution >= 4 is 23.9 Å². The Labute approximate surface area is 227 Å². The summed E-state index contributed by atoms with van der Waals surface area (Å²) in [6.07, 6.45) is 2.41. The average Bonchev–Trinajstić information content (AvgIpc) is 3.41. The number of nitrogens with zero attached hydrogens (tertiary/aromatic N) is 2. The van der Waals surface area contributed by atoms with Gasteiger partial charge in [0.1, 0.15) is 12.4 Å². The van der Waals surface area contributed by atoms with Gasteiger partial charge in [0.25, 0.3) is 11.8 Å². The fraction of sp³-hybridized carbons (Fsp3) is 0.448. The van der Waals surface area contributed by atoms with E-state index < -0.39 is 36.1 Å². The van der Waals surface area contributed by atoms with Gasteiger partial charge in [-0.1, -0.05) is 55.7 Å². The second kappa shape index (κ2) is 13.1. The Hall–Kier alpha value is -4.08. The monoisotopic (exact) mass is 537 g/mol. The molecule has 0 spiro atoms. The predicted octanol–water partition coefficient (Wildman–Crippen LogP) is 3.66. The molecule has 2 unspecified atom stereocenters. The minimum absolute atomic E-state index is 0.0120. The summed E-state index contributed by atoms with van der Waals surface area (Å²) in [5, 5.41) is 12.4. The first-order valence-electron chi connectivity index (χ1n) is 13.3. The zero-order valence-corrected chi connectivity index (χ0v) is 22.1. The van der Waals surface area contributed by atoms with Gasteiger partial charge in [0.15, 0.2) is 6.17 Å².